The van der Waals surface area contributed by atoms with E-state index in [1.165, 1.54) is 0 Å². The van der Waals surface area contributed by atoms with Gasteiger partial charge in [-0.15, -0.1) is 0 Å². The number of aryl methyl sites for hydroxylation is 1. The Labute approximate surface area is 136 Å². The first-order chi connectivity index (χ1) is 10.7. The molecule has 2 nitrogen and oxygen atoms in total. The van der Waals surface area contributed by atoms with Crippen LogP contribution in [0.25, 0.3) is 22.0 Å². The van der Waals surface area contributed by atoms with Crippen molar-refractivity contribution in [2.24, 2.45) is 0 Å². The molecule has 0 aliphatic heterocycles. The summed E-state index contributed by atoms with van der Waals surface area (Å²) in [5.41, 5.74) is 2.63. The van der Waals surface area contributed by atoms with E-state index in [2.05, 4.69) is 20.9 Å². The summed E-state index contributed by atoms with van der Waals surface area (Å²) in [4.78, 5) is 4.65. The van der Waals surface area contributed by atoms with Crippen molar-refractivity contribution in [2.45, 2.75) is 12.8 Å². The molecule has 0 fully saturated rings. The van der Waals surface area contributed by atoms with Crippen molar-refractivity contribution >= 4 is 26.8 Å². The van der Waals surface area contributed by atoms with Gasteiger partial charge >= 0.3 is 0 Å². The maximum absolute atomic E-state index is 15.1. The number of benzene rings is 2. The third kappa shape index (κ3) is 2.76. The Morgan fingerprint density at radius 3 is 2.55 bits per heavy atom. The molecule has 0 aliphatic rings. The summed E-state index contributed by atoms with van der Waals surface area (Å²) in [6, 6.07) is 14.8. The van der Waals surface area contributed by atoms with Crippen molar-refractivity contribution in [1.29, 1.82) is 0 Å². The van der Waals surface area contributed by atoms with E-state index in [1.807, 2.05) is 36.4 Å². The lowest BCUT2D eigenvalue weighted by Gasteiger charge is -2.13. The van der Waals surface area contributed by atoms with Gasteiger partial charge in [-0.05, 0) is 46.5 Å². The van der Waals surface area contributed by atoms with E-state index in [1.54, 1.807) is 12.1 Å². The Morgan fingerprint density at radius 2 is 1.82 bits per heavy atom. The number of halogens is 2. The van der Waals surface area contributed by atoms with Gasteiger partial charge in [-0.2, -0.15) is 0 Å². The Bertz CT molecular complexity index is 805. The molecular weight excluding hydrogens is 345 g/mol. The van der Waals surface area contributed by atoms with Gasteiger partial charge in [0.25, 0.3) is 0 Å². The highest BCUT2D eigenvalue weighted by Crippen LogP contribution is 2.33. The summed E-state index contributed by atoms with van der Waals surface area (Å²) in [6.45, 7) is 0.0610. The lowest BCUT2D eigenvalue weighted by atomic mass is 9.98. The van der Waals surface area contributed by atoms with Crippen LogP contribution in [0.1, 0.15) is 12.1 Å². The predicted molar refractivity (Wildman–Crippen MR) is 90.2 cm³/mol. The van der Waals surface area contributed by atoms with E-state index in [-0.39, 0.29) is 12.4 Å². The van der Waals surface area contributed by atoms with Crippen LogP contribution >= 0.6 is 15.9 Å². The molecule has 0 amide bonds. The number of aromatic nitrogens is 1. The molecule has 0 saturated carbocycles. The molecule has 1 aromatic heterocycles. The first-order valence-electron chi connectivity index (χ1n) is 7.15. The van der Waals surface area contributed by atoms with Crippen molar-refractivity contribution in [3.8, 4) is 11.1 Å². The fraction of sp³-hybridized carbons (Fsp3) is 0.167. The minimum absolute atomic E-state index is 0.0610. The first-order valence-corrected chi connectivity index (χ1v) is 7.94. The summed E-state index contributed by atoms with van der Waals surface area (Å²) < 4.78 is 15.9. The highest BCUT2D eigenvalue weighted by molar-refractivity contribution is 9.10. The second-order valence-electron chi connectivity index (χ2n) is 5.08. The van der Waals surface area contributed by atoms with Crippen LogP contribution in [0.4, 0.5) is 4.39 Å². The fourth-order valence-corrected chi connectivity index (χ4v) is 3.04. The Kier molecular flexibility index (Phi) is 4.50. The summed E-state index contributed by atoms with van der Waals surface area (Å²) in [5, 5.41) is 9.60. The molecule has 1 N–H and O–H groups in total. The molecule has 112 valence electrons. The van der Waals surface area contributed by atoms with E-state index in [0.29, 0.717) is 35.0 Å². The largest absolute Gasteiger partial charge is 0.396 e. The van der Waals surface area contributed by atoms with E-state index in [4.69, 9.17) is 5.11 Å². The van der Waals surface area contributed by atoms with Crippen molar-refractivity contribution < 1.29 is 9.50 Å². The van der Waals surface area contributed by atoms with Gasteiger partial charge in [0.1, 0.15) is 5.82 Å². The van der Waals surface area contributed by atoms with Crippen molar-refractivity contribution in [1.82, 2.24) is 4.98 Å². The minimum Gasteiger partial charge on any atom is -0.396 e. The summed E-state index contributed by atoms with van der Waals surface area (Å²) >= 11 is 3.44. The molecule has 2 aromatic carbocycles. The Morgan fingerprint density at radius 1 is 1.05 bits per heavy atom. The molecule has 0 aliphatic carbocycles. The number of aliphatic hydroxyl groups is 1. The zero-order valence-electron chi connectivity index (χ0n) is 11.9. The third-order valence-corrected chi connectivity index (χ3v) is 4.25. The Hall–Kier alpha value is -1.78. The van der Waals surface area contributed by atoms with Crippen LogP contribution in [0.2, 0.25) is 0 Å². The SMILES string of the molecule is OCCCc1nc2c(Br)cccc2c(F)c1-c1ccccc1. The maximum Gasteiger partial charge on any atom is 0.142 e. The van der Waals surface area contributed by atoms with Crippen molar-refractivity contribution in [3.05, 3.63) is 64.5 Å². The van der Waals surface area contributed by atoms with Gasteiger partial charge in [-0.25, -0.2) is 4.39 Å². The highest BCUT2D eigenvalue weighted by Gasteiger charge is 2.17. The fourth-order valence-electron chi connectivity index (χ4n) is 2.58. The normalized spacial score (nSPS) is 11.0. The van der Waals surface area contributed by atoms with E-state index >= 15 is 4.39 Å². The standard InChI is InChI=1S/C18H15BrFNO/c19-14-9-4-8-13-17(20)16(12-6-2-1-3-7-12)15(10-5-11-22)21-18(13)14/h1-4,6-9,22H,5,10-11H2. The van der Waals surface area contributed by atoms with Crippen LogP contribution in [-0.4, -0.2) is 16.7 Å². The van der Waals surface area contributed by atoms with E-state index in [9.17, 15) is 0 Å². The topological polar surface area (TPSA) is 33.1 Å². The first kappa shape index (κ1) is 15.1. The number of para-hydroxylation sites is 1. The minimum atomic E-state index is -0.259. The number of aliphatic hydroxyl groups excluding tert-OH is 1. The van der Waals surface area contributed by atoms with Gasteiger partial charge in [0.2, 0.25) is 0 Å². The molecule has 0 saturated heterocycles. The molecule has 0 bridgehead atoms. The summed E-state index contributed by atoms with van der Waals surface area (Å²) in [5.74, 6) is -0.259. The van der Waals surface area contributed by atoms with Gasteiger partial charge in [-0.3, -0.25) is 4.98 Å². The molecule has 0 radical (unpaired) electrons. The molecule has 3 rings (SSSR count). The maximum atomic E-state index is 15.1. The zero-order valence-corrected chi connectivity index (χ0v) is 13.5. The molecular formula is C18H15BrFNO. The quantitative estimate of drug-likeness (QED) is 0.730. The van der Waals surface area contributed by atoms with Gasteiger partial charge in [-0.1, -0.05) is 36.4 Å². The van der Waals surface area contributed by atoms with Crippen LogP contribution in [0, 0.1) is 5.82 Å². The molecule has 4 heteroatoms. The Balaban J connectivity index is 2.30. The molecule has 0 spiro atoms. The number of nitrogens with zero attached hydrogens (tertiary/aromatic N) is 1. The van der Waals surface area contributed by atoms with Crippen molar-refractivity contribution in [3.63, 3.8) is 0 Å². The molecule has 0 atom stereocenters. The van der Waals surface area contributed by atoms with Crippen LogP contribution in [0.5, 0.6) is 0 Å². The average molecular weight is 360 g/mol. The lowest BCUT2D eigenvalue weighted by Crippen LogP contribution is -2.01. The second kappa shape index (κ2) is 6.55. The van der Waals surface area contributed by atoms with Gasteiger partial charge in [0.15, 0.2) is 0 Å². The van der Waals surface area contributed by atoms with Gasteiger partial charge in [0.05, 0.1) is 11.2 Å². The number of rotatable bonds is 4. The van der Waals surface area contributed by atoms with Crippen LogP contribution in [0.15, 0.2) is 53.0 Å². The van der Waals surface area contributed by atoms with Gasteiger partial charge < -0.3 is 5.11 Å². The smallest absolute Gasteiger partial charge is 0.142 e. The predicted octanol–water partition coefficient (Wildman–Crippen LogP) is 4.73. The summed E-state index contributed by atoms with van der Waals surface area (Å²) in [7, 11) is 0. The summed E-state index contributed by atoms with van der Waals surface area (Å²) in [6.07, 6.45) is 1.09. The monoisotopic (exact) mass is 359 g/mol. The third-order valence-electron chi connectivity index (χ3n) is 3.61. The number of hydrogen-bond donors (Lipinski definition) is 1. The van der Waals surface area contributed by atoms with Crippen molar-refractivity contribution in [2.75, 3.05) is 6.61 Å². The lowest BCUT2D eigenvalue weighted by molar-refractivity contribution is 0.288. The van der Waals surface area contributed by atoms with E-state index in [0.717, 1.165) is 10.0 Å². The number of fused-ring (bicyclic) bond motifs is 1. The zero-order chi connectivity index (χ0) is 15.5. The molecule has 1 heterocycles. The van der Waals surface area contributed by atoms with Crippen LogP contribution < -0.4 is 0 Å². The molecule has 0 unspecified atom stereocenters. The van der Waals surface area contributed by atoms with E-state index < -0.39 is 0 Å². The molecule has 3 aromatic rings. The average Bonchev–Trinajstić information content (AvgIpc) is 2.55. The van der Waals surface area contributed by atoms with Crippen LogP contribution in [0.3, 0.4) is 0 Å². The second-order valence-corrected chi connectivity index (χ2v) is 5.93. The number of pyridine rings is 1. The van der Waals surface area contributed by atoms with Crippen LogP contribution in [-0.2, 0) is 6.42 Å². The number of hydrogen-bond acceptors (Lipinski definition) is 2. The highest BCUT2D eigenvalue weighted by atomic mass is 79.9. The van der Waals surface area contributed by atoms with Gasteiger partial charge in [0, 0.05) is 22.0 Å². The molecule has 22 heavy (non-hydrogen) atoms.